The molecule has 0 aromatic carbocycles. The average Bonchev–Trinajstić information content (AvgIpc) is 1.94. The number of carbonyl (C=O) groups excluding carboxylic acids is 1. The van der Waals surface area contributed by atoms with Crippen LogP contribution in [0, 0.1) is 5.92 Å². The first-order chi connectivity index (χ1) is 5.11. The van der Waals surface area contributed by atoms with Crippen molar-refractivity contribution in [3.8, 4) is 0 Å². The normalized spacial score (nSPS) is 24.2. The van der Waals surface area contributed by atoms with E-state index in [4.69, 9.17) is 0 Å². The van der Waals surface area contributed by atoms with Crippen LogP contribution < -0.4 is 0 Å². The molecule has 1 rings (SSSR count). The van der Waals surface area contributed by atoms with Gasteiger partial charge < -0.3 is 0 Å². The molecule has 1 unspecified atom stereocenters. The SMILES string of the molecule is CC(C)C1=CC(=O)C(C)N=C1. The predicted molar refractivity (Wildman–Crippen MR) is 45.9 cm³/mol. The molecular weight excluding hydrogens is 138 g/mol. The van der Waals surface area contributed by atoms with E-state index < -0.39 is 0 Å². The van der Waals surface area contributed by atoms with Crippen LogP contribution in [0.25, 0.3) is 0 Å². The molecule has 0 aromatic rings. The summed E-state index contributed by atoms with van der Waals surface area (Å²) in [7, 11) is 0. The maximum Gasteiger partial charge on any atom is 0.180 e. The largest absolute Gasteiger partial charge is 0.292 e. The molecule has 0 spiro atoms. The van der Waals surface area contributed by atoms with Gasteiger partial charge in [0.15, 0.2) is 5.78 Å². The second-order valence-corrected chi connectivity index (χ2v) is 3.16. The summed E-state index contributed by atoms with van der Waals surface area (Å²) >= 11 is 0. The molecule has 1 atom stereocenters. The van der Waals surface area contributed by atoms with Gasteiger partial charge in [0.25, 0.3) is 0 Å². The monoisotopic (exact) mass is 151 g/mol. The lowest BCUT2D eigenvalue weighted by Gasteiger charge is -2.12. The molecule has 0 N–H and O–H groups in total. The van der Waals surface area contributed by atoms with Gasteiger partial charge in [0, 0.05) is 6.21 Å². The number of carbonyl (C=O) groups is 1. The zero-order valence-corrected chi connectivity index (χ0v) is 7.16. The number of dihydropyridines is 1. The molecule has 1 aliphatic heterocycles. The smallest absolute Gasteiger partial charge is 0.180 e. The van der Waals surface area contributed by atoms with Crippen molar-refractivity contribution in [3.05, 3.63) is 11.6 Å². The van der Waals surface area contributed by atoms with Crippen LogP contribution in [-0.2, 0) is 4.79 Å². The van der Waals surface area contributed by atoms with Crippen LogP contribution in [0.5, 0.6) is 0 Å². The highest BCUT2D eigenvalue weighted by Crippen LogP contribution is 2.12. The number of aliphatic imine (C=N–C) groups is 1. The summed E-state index contributed by atoms with van der Waals surface area (Å²) in [5, 5.41) is 0. The third-order valence-electron chi connectivity index (χ3n) is 1.83. The maximum absolute atomic E-state index is 11.1. The number of rotatable bonds is 1. The number of hydrogen-bond acceptors (Lipinski definition) is 2. The number of ketones is 1. The van der Waals surface area contributed by atoms with Crippen LogP contribution >= 0.6 is 0 Å². The third-order valence-corrected chi connectivity index (χ3v) is 1.83. The molecule has 0 radical (unpaired) electrons. The highest BCUT2D eigenvalue weighted by atomic mass is 16.1. The van der Waals surface area contributed by atoms with Crippen LogP contribution in [-0.4, -0.2) is 18.0 Å². The molecule has 0 fully saturated rings. The molecule has 0 bridgehead atoms. The Kier molecular flexibility index (Phi) is 2.22. The first-order valence-electron chi connectivity index (χ1n) is 3.90. The molecule has 0 aromatic heterocycles. The summed E-state index contributed by atoms with van der Waals surface area (Å²) < 4.78 is 0. The standard InChI is InChI=1S/C9H13NO/c1-6(2)8-4-9(11)7(3)10-5-8/h4-7H,1-3H3. The van der Waals surface area contributed by atoms with Crippen molar-refractivity contribution in [2.45, 2.75) is 26.8 Å². The van der Waals surface area contributed by atoms with Crippen molar-refractivity contribution >= 4 is 12.0 Å². The molecule has 1 aliphatic rings. The van der Waals surface area contributed by atoms with Gasteiger partial charge in [0.1, 0.15) is 6.04 Å². The lowest BCUT2D eigenvalue weighted by molar-refractivity contribution is -0.115. The van der Waals surface area contributed by atoms with Gasteiger partial charge in [-0.15, -0.1) is 0 Å². The zero-order chi connectivity index (χ0) is 8.43. The van der Waals surface area contributed by atoms with Crippen molar-refractivity contribution in [2.24, 2.45) is 10.9 Å². The Labute approximate surface area is 67.0 Å². The van der Waals surface area contributed by atoms with E-state index >= 15 is 0 Å². The summed E-state index contributed by atoms with van der Waals surface area (Å²) in [6.07, 6.45) is 3.50. The van der Waals surface area contributed by atoms with Gasteiger partial charge >= 0.3 is 0 Å². The van der Waals surface area contributed by atoms with E-state index in [9.17, 15) is 4.79 Å². The van der Waals surface area contributed by atoms with Crippen molar-refractivity contribution in [2.75, 3.05) is 0 Å². The lowest BCUT2D eigenvalue weighted by atomic mass is 9.99. The molecule has 0 amide bonds. The Hall–Kier alpha value is -0.920. The van der Waals surface area contributed by atoms with E-state index in [1.165, 1.54) is 0 Å². The number of hydrogen-bond donors (Lipinski definition) is 0. The maximum atomic E-state index is 11.1. The van der Waals surface area contributed by atoms with Crippen LogP contribution in [0.4, 0.5) is 0 Å². The highest BCUT2D eigenvalue weighted by molar-refractivity contribution is 6.03. The topological polar surface area (TPSA) is 29.4 Å². The number of allylic oxidation sites excluding steroid dienone is 1. The lowest BCUT2D eigenvalue weighted by Crippen LogP contribution is -2.18. The minimum Gasteiger partial charge on any atom is -0.292 e. The minimum absolute atomic E-state index is 0.121. The zero-order valence-electron chi connectivity index (χ0n) is 7.16. The van der Waals surface area contributed by atoms with Gasteiger partial charge in [0.05, 0.1) is 0 Å². The predicted octanol–water partition coefficient (Wildman–Crippen LogP) is 1.61. The Bertz CT molecular complexity index is 226. The molecule has 11 heavy (non-hydrogen) atoms. The molecule has 2 heteroatoms. The van der Waals surface area contributed by atoms with Gasteiger partial charge in [-0.05, 0) is 24.5 Å². The fourth-order valence-electron chi connectivity index (χ4n) is 0.909. The quantitative estimate of drug-likeness (QED) is 0.559. The van der Waals surface area contributed by atoms with E-state index in [1.54, 1.807) is 12.3 Å². The van der Waals surface area contributed by atoms with E-state index in [1.807, 2.05) is 6.92 Å². The Morgan fingerprint density at radius 3 is 2.64 bits per heavy atom. The summed E-state index contributed by atoms with van der Waals surface area (Å²) in [6.45, 7) is 5.93. The Morgan fingerprint density at radius 2 is 2.18 bits per heavy atom. The Balaban J connectivity index is 2.80. The highest BCUT2D eigenvalue weighted by Gasteiger charge is 2.14. The van der Waals surface area contributed by atoms with Crippen molar-refractivity contribution in [3.63, 3.8) is 0 Å². The van der Waals surface area contributed by atoms with Gasteiger partial charge in [0.2, 0.25) is 0 Å². The average molecular weight is 151 g/mol. The van der Waals surface area contributed by atoms with Crippen LogP contribution in [0.15, 0.2) is 16.6 Å². The van der Waals surface area contributed by atoms with Crippen molar-refractivity contribution in [1.82, 2.24) is 0 Å². The molecule has 0 saturated heterocycles. The fourth-order valence-corrected chi connectivity index (χ4v) is 0.909. The summed E-state index contributed by atoms with van der Waals surface area (Å²) in [5.74, 6) is 0.520. The van der Waals surface area contributed by atoms with E-state index in [2.05, 4.69) is 18.8 Å². The summed E-state index contributed by atoms with van der Waals surface area (Å²) in [6, 6.07) is -0.169. The molecule has 1 heterocycles. The van der Waals surface area contributed by atoms with E-state index in [-0.39, 0.29) is 11.8 Å². The van der Waals surface area contributed by atoms with Crippen LogP contribution in [0.1, 0.15) is 20.8 Å². The second kappa shape index (κ2) is 2.99. The summed E-state index contributed by atoms with van der Waals surface area (Å²) in [4.78, 5) is 15.2. The van der Waals surface area contributed by atoms with Gasteiger partial charge in [-0.1, -0.05) is 13.8 Å². The molecule has 60 valence electrons. The molecule has 0 saturated carbocycles. The molecule has 2 nitrogen and oxygen atoms in total. The van der Waals surface area contributed by atoms with E-state index in [0.29, 0.717) is 5.92 Å². The van der Waals surface area contributed by atoms with Gasteiger partial charge in [-0.3, -0.25) is 9.79 Å². The Morgan fingerprint density at radius 1 is 1.55 bits per heavy atom. The van der Waals surface area contributed by atoms with Crippen LogP contribution in [0.3, 0.4) is 0 Å². The van der Waals surface area contributed by atoms with E-state index in [0.717, 1.165) is 5.57 Å². The van der Waals surface area contributed by atoms with Gasteiger partial charge in [-0.2, -0.15) is 0 Å². The van der Waals surface area contributed by atoms with Crippen molar-refractivity contribution < 1.29 is 4.79 Å². The fraction of sp³-hybridized carbons (Fsp3) is 0.556. The molecular formula is C9H13NO. The first kappa shape index (κ1) is 8.18. The third kappa shape index (κ3) is 1.76. The first-order valence-corrected chi connectivity index (χ1v) is 3.90. The van der Waals surface area contributed by atoms with Crippen molar-refractivity contribution in [1.29, 1.82) is 0 Å². The van der Waals surface area contributed by atoms with Gasteiger partial charge in [-0.25, -0.2) is 0 Å². The summed E-state index contributed by atoms with van der Waals surface area (Å²) in [5.41, 5.74) is 1.04. The second-order valence-electron chi connectivity index (χ2n) is 3.16. The molecule has 0 aliphatic carbocycles. The van der Waals surface area contributed by atoms with Crippen LogP contribution in [0.2, 0.25) is 0 Å². The number of nitrogens with zero attached hydrogens (tertiary/aromatic N) is 1. The minimum atomic E-state index is -0.169.